The summed E-state index contributed by atoms with van der Waals surface area (Å²) in [5, 5.41) is 0. The number of benzene rings is 1. The fraction of sp³-hybridized carbons (Fsp3) is 0.143. The topological polar surface area (TPSA) is 67.8 Å². The van der Waals surface area contributed by atoms with Crippen molar-refractivity contribution in [2.75, 3.05) is 6.26 Å². The van der Waals surface area contributed by atoms with Crippen LogP contribution in [0.2, 0.25) is 0 Å². The number of hydrogen-bond acceptors (Lipinski definition) is 4. The molecule has 3 aromatic rings. The first-order valence-electron chi connectivity index (χ1n) is 6.28. The Morgan fingerprint density at radius 2 is 2.05 bits per heavy atom. The smallest absolute Gasteiger partial charge is 0.178 e. The maximum Gasteiger partial charge on any atom is 0.178 e. The van der Waals surface area contributed by atoms with E-state index in [4.69, 9.17) is 12.2 Å². The number of para-hydroxylation sites is 1. The van der Waals surface area contributed by atoms with Crippen LogP contribution >= 0.6 is 12.2 Å². The number of imidazole rings is 1. The van der Waals surface area contributed by atoms with Gasteiger partial charge in [-0.2, -0.15) is 0 Å². The third-order valence-electron chi connectivity index (χ3n) is 3.22. The van der Waals surface area contributed by atoms with Crippen molar-refractivity contribution in [3.05, 3.63) is 53.1 Å². The van der Waals surface area contributed by atoms with Gasteiger partial charge in [0.2, 0.25) is 0 Å². The number of H-pyrrole nitrogens is 1. The highest BCUT2D eigenvalue weighted by Gasteiger charge is 2.15. The van der Waals surface area contributed by atoms with Gasteiger partial charge in [-0.05, 0) is 36.5 Å². The van der Waals surface area contributed by atoms with E-state index in [1.54, 1.807) is 18.3 Å². The Labute approximate surface area is 127 Å². The van der Waals surface area contributed by atoms with Crippen LogP contribution in [0.5, 0.6) is 0 Å². The van der Waals surface area contributed by atoms with E-state index in [1.165, 1.54) is 6.26 Å². The summed E-state index contributed by atoms with van der Waals surface area (Å²) in [6, 6.07) is 10.8. The average molecular weight is 319 g/mol. The summed E-state index contributed by atoms with van der Waals surface area (Å²) in [7, 11) is -3.31. The normalized spacial score (nSPS) is 11.9. The van der Waals surface area contributed by atoms with Crippen molar-refractivity contribution in [1.29, 1.82) is 0 Å². The predicted octanol–water partition coefficient (Wildman–Crippen LogP) is 2.55. The summed E-state index contributed by atoms with van der Waals surface area (Å²) >= 11 is 5.32. The van der Waals surface area contributed by atoms with Crippen molar-refractivity contribution in [1.82, 2.24) is 14.5 Å². The highest BCUT2D eigenvalue weighted by Crippen LogP contribution is 2.23. The summed E-state index contributed by atoms with van der Waals surface area (Å²) in [6.45, 7) is 0.493. The summed E-state index contributed by atoms with van der Waals surface area (Å²) in [6.07, 6.45) is 2.91. The Bertz CT molecular complexity index is 957. The van der Waals surface area contributed by atoms with Crippen molar-refractivity contribution in [2.24, 2.45) is 0 Å². The van der Waals surface area contributed by atoms with Gasteiger partial charge in [-0.3, -0.25) is 4.98 Å². The van der Waals surface area contributed by atoms with E-state index >= 15 is 0 Å². The molecule has 0 aliphatic carbocycles. The van der Waals surface area contributed by atoms with Crippen molar-refractivity contribution >= 4 is 33.1 Å². The molecule has 5 nitrogen and oxygen atoms in total. The van der Waals surface area contributed by atoms with E-state index in [-0.39, 0.29) is 4.90 Å². The number of pyridine rings is 1. The molecule has 0 aliphatic heterocycles. The van der Waals surface area contributed by atoms with Gasteiger partial charge in [0.1, 0.15) is 0 Å². The van der Waals surface area contributed by atoms with Gasteiger partial charge in [0.05, 0.1) is 28.2 Å². The second-order valence-electron chi connectivity index (χ2n) is 4.76. The van der Waals surface area contributed by atoms with E-state index in [0.29, 0.717) is 16.8 Å². The lowest BCUT2D eigenvalue weighted by molar-refractivity contribution is 0.602. The number of aromatic nitrogens is 3. The van der Waals surface area contributed by atoms with Gasteiger partial charge in [0, 0.05) is 12.5 Å². The summed E-state index contributed by atoms with van der Waals surface area (Å²) in [5.74, 6) is 0. The SMILES string of the molecule is CS(=O)(=O)c1cccc2c1[nH]c(=S)n2Cc1ccccn1. The molecule has 21 heavy (non-hydrogen) atoms. The Morgan fingerprint density at radius 1 is 1.24 bits per heavy atom. The molecule has 108 valence electrons. The first-order chi connectivity index (χ1) is 9.97. The lowest BCUT2D eigenvalue weighted by Crippen LogP contribution is -2.02. The number of nitrogens with one attached hydrogen (secondary N) is 1. The van der Waals surface area contributed by atoms with Crippen molar-refractivity contribution < 1.29 is 8.42 Å². The van der Waals surface area contributed by atoms with E-state index in [0.717, 1.165) is 11.2 Å². The Morgan fingerprint density at radius 3 is 2.71 bits per heavy atom. The Balaban J connectivity index is 2.22. The molecule has 0 amide bonds. The first-order valence-corrected chi connectivity index (χ1v) is 8.58. The molecule has 2 heterocycles. The van der Waals surface area contributed by atoms with Crippen molar-refractivity contribution in [2.45, 2.75) is 11.4 Å². The number of hydrogen-bond donors (Lipinski definition) is 1. The van der Waals surface area contributed by atoms with Gasteiger partial charge in [-0.1, -0.05) is 12.1 Å². The molecule has 3 rings (SSSR count). The first kappa shape index (κ1) is 14.0. The van der Waals surface area contributed by atoms with Crippen LogP contribution in [0.4, 0.5) is 0 Å². The lowest BCUT2D eigenvalue weighted by atomic mass is 10.3. The van der Waals surface area contributed by atoms with Crippen LogP contribution in [0.3, 0.4) is 0 Å². The third kappa shape index (κ3) is 2.62. The Kier molecular flexibility index (Phi) is 3.38. The van der Waals surface area contributed by atoms with Crippen molar-refractivity contribution in [3.63, 3.8) is 0 Å². The molecule has 0 radical (unpaired) electrons. The number of nitrogens with zero attached hydrogens (tertiary/aromatic N) is 2. The molecule has 0 spiro atoms. The molecule has 0 atom stereocenters. The molecule has 7 heteroatoms. The molecular formula is C14H13N3O2S2. The van der Waals surface area contributed by atoms with Crippen LogP contribution in [0.15, 0.2) is 47.5 Å². The molecule has 1 N–H and O–H groups in total. The minimum absolute atomic E-state index is 0.255. The van der Waals surface area contributed by atoms with E-state index in [1.807, 2.05) is 28.8 Å². The second-order valence-corrected chi connectivity index (χ2v) is 7.13. The Hall–Kier alpha value is -1.99. The van der Waals surface area contributed by atoms with Crippen LogP contribution in [0.1, 0.15) is 5.69 Å². The molecular weight excluding hydrogens is 306 g/mol. The monoisotopic (exact) mass is 319 g/mol. The minimum atomic E-state index is -3.31. The predicted molar refractivity (Wildman–Crippen MR) is 83.6 cm³/mol. The molecule has 0 saturated heterocycles. The van der Waals surface area contributed by atoms with Gasteiger partial charge in [0.25, 0.3) is 0 Å². The van der Waals surface area contributed by atoms with Gasteiger partial charge < -0.3 is 9.55 Å². The zero-order chi connectivity index (χ0) is 15.0. The molecule has 0 unspecified atom stereocenters. The fourth-order valence-electron chi connectivity index (χ4n) is 2.27. The molecule has 2 aromatic heterocycles. The average Bonchev–Trinajstić information content (AvgIpc) is 2.75. The van der Waals surface area contributed by atoms with E-state index in [9.17, 15) is 8.42 Å². The van der Waals surface area contributed by atoms with Crippen molar-refractivity contribution in [3.8, 4) is 0 Å². The molecule has 0 fully saturated rings. The highest BCUT2D eigenvalue weighted by atomic mass is 32.2. The number of fused-ring (bicyclic) bond motifs is 1. The van der Waals surface area contributed by atoms with E-state index < -0.39 is 9.84 Å². The van der Waals surface area contributed by atoms with Crippen LogP contribution in [0, 0.1) is 4.77 Å². The quantitative estimate of drug-likeness (QED) is 0.753. The van der Waals surface area contributed by atoms with Crippen LogP contribution < -0.4 is 0 Å². The lowest BCUT2D eigenvalue weighted by Gasteiger charge is -2.05. The maximum absolute atomic E-state index is 11.9. The molecule has 0 bridgehead atoms. The zero-order valence-electron chi connectivity index (χ0n) is 11.3. The number of rotatable bonds is 3. The second kappa shape index (κ2) is 5.09. The van der Waals surface area contributed by atoms with Gasteiger partial charge in [-0.25, -0.2) is 8.42 Å². The summed E-state index contributed by atoms with van der Waals surface area (Å²) < 4.78 is 26.0. The highest BCUT2D eigenvalue weighted by molar-refractivity contribution is 7.91. The van der Waals surface area contributed by atoms with Crippen LogP contribution in [-0.4, -0.2) is 29.2 Å². The third-order valence-corrected chi connectivity index (χ3v) is 4.68. The minimum Gasteiger partial charge on any atom is -0.329 e. The maximum atomic E-state index is 11.9. The van der Waals surface area contributed by atoms with Gasteiger partial charge >= 0.3 is 0 Å². The summed E-state index contributed by atoms with van der Waals surface area (Å²) in [4.78, 5) is 7.52. The molecule has 0 saturated carbocycles. The van der Waals surface area contributed by atoms with Gasteiger partial charge in [0.15, 0.2) is 14.6 Å². The van der Waals surface area contributed by atoms with E-state index in [2.05, 4.69) is 9.97 Å². The largest absolute Gasteiger partial charge is 0.329 e. The molecule has 1 aromatic carbocycles. The summed E-state index contributed by atoms with van der Waals surface area (Å²) in [5.41, 5.74) is 2.16. The van der Waals surface area contributed by atoms with Gasteiger partial charge in [-0.15, -0.1) is 0 Å². The standard InChI is InChI=1S/C14H13N3O2S2/c1-21(18,19)12-7-4-6-11-13(12)16-14(20)17(11)9-10-5-2-3-8-15-10/h2-8H,9H2,1H3,(H,16,20). The fourth-order valence-corrected chi connectivity index (χ4v) is 3.39. The van der Waals surface area contributed by atoms with Crippen LogP contribution in [-0.2, 0) is 16.4 Å². The zero-order valence-corrected chi connectivity index (χ0v) is 12.9. The molecule has 0 aliphatic rings. The number of aromatic amines is 1. The number of sulfone groups is 1. The van der Waals surface area contributed by atoms with Crippen LogP contribution in [0.25, 0.3) is 11.0 Å².